The van der Waals surface area contributed by atoms with E-state index in [0.29, 0.717) is 0 Å². The van der Waals surface area contributed by atoms with Crippen molar-refractivity contribution < 1.29 is 0 Å². The first-order chi connectivity index (χ1) is 2.56. The molecule has 0 aliphatic carbocycles. The summed E-state index contributed by atoms with van der Waals surface area (Å²) in [4.78, 5) is 0. The molecule has 0 radical (unpaired) electrons. The molecule has 3 heteroatoms. The molecule has 0 atom stereocenters. The maximum atomic E-state index is 5.69. The van der Waals surface area contributed by atoms with E-state index in [1.54, 1.807) is 0 Å². The lowest BCUT2D eigenvalue weighted by Crippen LogP contribution is -1.93. The number of halogens is 3. The van der Waals surface area contributed by atoms with Crippen LogP contribution in [0.5, 0.6) is 0 Å². The fraction of sp³-hybridized carbons (Fsp3) is 1.00. The molecule has 0 rings (SSSR count). The van der Waals surface area contributed by atoms with Gasteiger partial charge in [-0.15, -0.1) is 0 Å². The molecule has 0 aliphatic heterocycles. The van der Waals surface area contributed by atoms with Crippen LogP contribution in [0, 0.1) is 0 Å². The van der Waals surface area contributed by atoms with Crippen molar-refractivity contribution >= 4 is 56.8 Å². The van der Waals surface area contributed by atoms with Gasteiger partial charge in [-0.05, 0) is 51.6 Å². The molecule has 0 saturated carbocycles. The summed E-state index contributed by atoms with van der Waals surface area (Å²) in [6.07, 6.45) is 1.01. The summed E-state index contributed by atoms with van der Waals surface area (Å²) in [5, 5.41) is 0. The highest BCUT2D eigenvalue weighted by Crippen LogP contribution is 2.35. The molecule has 0 fully saturated rings. The first-order valence-electron chi connectivity index (χ1n) is 1.63. The first kappa shape index (κ1) is 7.75. The Labute approximate surface area is 70.3 Å². The second-order valence-corrected chi connectivity index (χ2v) is 8.64. The minimum absolute atomic E-state index is 0.0461. The van der Waals surface area contributed by atoms with Crippen LogP contribution in [0.25, 0.3) is 0 Å². The summed E-state index contributed by atoms with van der Waals surface area (Å²) in [5.41, 5.74) is 0. The number of hydrogen-bond donors (Lipinski definition) is 0. The van der Waals surface area contributed by atoms with Crippen molar-refractivity contribution in [2.45, 2.75) is 14.2 Å². The SMILES string of the molecule is CCC(Cl)(I)I. The van der Waals surface area contributed by atoms with Crippen LogP contribution in [0.2, 0.25) is 0 Å². The van der Waals surface area contributed by atoms with Gasteiger partial charge in [0.1, 0.15) is 0.888 Å². The van der Waals surface area contributed by atoms with Crippen LogP contribution >= 0.6 is 56.8 Å². The minimum Gasteiger partial charge on any atom is -0.0960 e. The van der Waals surface area contributed by atoms with Crippen LogP contribution in [0.15, 0.2) is 0 Å². The molecule has 0 aromatic heterocycles. The highest BCUT2D eigenvalue weighted by Gasteiger charge is 2.12. The molecular weight excluding hydrogens is 325 g/mol. The zero-order chi connectivity index (χ0) is 5.21. The van der Waals surface area contributed by atoms with Gasteiger partial charge >= 0.3 is 0 Å². The monoisotopic (exact) mass is 330 g/mol. The van der Waals surface area contributed by atoms with E-state index in [1.165, 1.54) is 0 Å². The largest absolute Gasteiger partial charge is 0.146 e. The van der Waals surface area contributed by atoms with Gasteiger partial charge in [-0.2, -0.15) is 0 Å². The van der Waals surface area contributed by atoms with E-state index in [0.717, 1.165) is 6.42 Å². The molecule has 0 N–H and O–H groups in total. The second-order valence-electron chi connectivity index (χ2n) is 0.969. The normalized spacial score (nSPS) is 12.0. The van der Waals surface area contributed by atoms with Crippen molar-refractivity contribution in [3.8, 4) is 0 Å². The Kier molecular flexibility index (Phi) is 3.77. The molecule has 0 amide bonds. The van der Waals surface area contributed by atoms with Crippen molar-refractivity contribution in [2.24, 2.45) is 0 Å². The average molecular weight is 330 g/mol. The third-order valence-electron chi connectivity index (χ3n) is 0.401. The van der Waals surface area contributed by atoms with E-state index >= 15 is 0 Å². The summed E-state index contributed by atoms with van der Waals surface area (Å²) >= 11 is 10.1. The lowest BCUT2D eigenvalue weighted by atomic mass is 10.6. The fourth-order valence-electron chi connectivity index (χ4n) is 0. The highest BCUT2D eigenvalue weighted by atomic mass is 127. The lowest BCUT2D eigenvalue weighted by molar-refractivity contribution is 1.05. The molecule has 38 valence electrons. The van der Waals surface area contributed by atoms with Crippen LogP contribution in [0.1, 0.15) is 13.3 Å². The van der Waals surface area contributed by atoms with E-state index in [1.807, 2.05) is 0 Å². The van der Waals surface area contributed by atoms with E-state index < -0.39 is 0 Å². The molecule has 0 unspecified atom stereocenters. The molecule has 6 heavy (non-hydrogen) atoms. The molecule has 0 aliphatic rings. The Morgan fingerprint density at radius 1 is 1.67 bits per heavy atom. The van der Waals surface area contributed by atoms with Gasteiger partial charge in [-0.25, -0.2) is 0 Å². The number of alkyl halides is 3. The Bertz CT molecular complexity index is 38.5. The van der Waals surface area contributed by atoms with Crippen LogP contribution < -0.4 is 0 Å². The minimum atomic E-state index is -0.0461. The van der Waals surface area contributed by atoms with Gasteiger partial charge in [0.25, 0.3) is 0 Å². The summed E-state index contributed by atoms with van der Waals surface area (Å²) < 4.78 is -0.0461. The predicted octanol–water partition coefficient (Wildman–Crippen LogP) is 3.16. The summed E-state index contributed by atoms with van der Waals surface area (Å²) in [7, 11) is 0. The zero-order valence-corrected chi connectivity index (χ0v) is 8.41. The smallest absolute Gasteiger partial charge is 0.0960 e. The topological polar surface area (TPSA) is 0 Å². The van der Waals surface area contributed by atoms with Crippen LogP contribution in [-0.2, 0) is 0 Å². The van der Waals surface area contributed by atoms with Crippen LogP contribution in [-0.4, -0.2) is 0.888 Å². The summed E-state index contributed by atoms with van der Waals surface area (Å²) in [5.74, 6) is 0. The third kappa shape index (κ3) is 5.75. The maximum absolute atomic E-state index is 5.69. The Morgan fingerprint density at radius 2 is 1.83 bits per heavy atom. The summed E-state index contributed by atoms with van der Waals surface area (Å²) in [6, 6.07) is 0. The van der Waals surface area contributed by atoms with Gasteiger partial charge < -0.3 is 0 Å². The standard InChI is InChI=1S/C3H5ClI2/c1-2-3(4,5)6/h2H2,1H3. The van der Waals surface area contributed by atoms with E-state index in [9.17, 15) is 0 Å². The Hall–Kier alpha value is 1.75. The van der Waals surface area contributed by atoms with Crippen molar-refractivity contribution in [3.63, 3.8) is 0 Å². The maximum Gasteiger partial charge on any atom is 0.146 e. The number of hydrogen-bond acceptors (Lipinski definition) is 0. The molecule has 0 aromatic carbocycles. The molecule has 0 bridgehead atoms. The van der Waals surface area contributed by atoms with Gasteiger partial charge in [0.15, 0.2) is 0 Å². The van der Waals surface area contributed by atoms with Crippen molar-refractivity contribution in [1.82, 2.24) is 0 Å². The fourth-order valence-corrected chi connectivity index (χ4v) is 0. The molecular formula is C3H5ClI2. The molecule has 0 heterocycles. The second kappa shape index (κ2) is 2.91. The molecule has 0 saturated heterocycles. The molecule has 0 spiro atoms. The Balaban J connectivity index is 3.17. The van der Waals surface area contributed by atoms with Gasteiger partial charge in [0.05, 0.1) is 0 Å². The van der Waals surface area contributed by atoms with Crippen molar-refractivity contribution in [1.29, 1.82) is 0 Å². The zero-order valence-electron chi connectivity index (χ0n) is 3.34. The quantitative estimate of drug-likeness (QED) is 0.512. The lowest BCUT2D eigenvalue weighted by Gasteiger charge is -2.04. The van der Waals surface area contributed by atoms with Gasteiger partial charge in [-0.1, -0.05) is 18.5 Å². The number of rotatable bonds is 1. The van der Waals surface area contributed by atoms with Crippen molar-refractivity contribution in [3.05, 3.63) is 0 Å². The van der Waals surface area contributed by atoms with Gasteiger partial charge in [0, 0.05) is 0 Å². The van der Waals surface area contributed by atoms with Gasteiger partial charge in [-0.3, -0.25) is 0 Å². The summed E-state index contributed by atoms with van der Waals surface area (Å²) in [6.45, 7) is 2.06. The van der Waals surface area contributed by atoms with Crippen molar-refractivity contribution in [2.75, 3.05) is 0 Å². The van der Waals surface area contributed by atoms with E-state index in [4.69, 9.17) is 11.6 Å². The third-order valence-corrected chi connectivity index (χ3v) is 2.19. The van der Waals surface area contributed by atoms with Gasteiger partial charge in [0.2, 0.25) is 0 Å². The van der Waals surface area contributed by atoms with Crippen LogP contribution in [0.3, 0.4) is 0 Å². The Morgan fingerprint density at radius 3 is 1.83 bits per heavy atom. The van der Waals surface area contributed by atoms with Crippen LogP contribution in [0.4, 0.5) is 0 Å². The first-order valence-corrected chi connectivity index (χ1v) is 4.16. The molecule has 0 aromatic rings. The average Bonchev–Trinajstić information content (AvgIpc) is 1.35. The predicted molar refractivity (Wildman–Crippen MR) is 46.9 cm³/mol. The molecule has 0 nitrogen and oxygen atoms in total. The highest BCUT2D eigenvalue weighted by molar-refractivity contribution is 14.2. The van der Waals surface area contributed by atoms with E-state index in [2.05, 4.69) is 52.1 Å². The van der Waals surface area contributed by atoms with E-state index in [-0.39, 0.29) is 0.888 Å².